The molecule has 0 atom stereocenters. The van der Waals surface area contributed by atoms with Crippen LogP contribution in [0.3, 0.4) is 0 Å². The molecule has 1 aromatic carbocycles. The molecule has 0 unspecified atom stereocenters. The maximum Gasteiger partial charge on any atom is 0.306 e. The summed E-state index contributed by atoms with van der Waals surface area (Å²) in [5.41, 5.74) is 6.20. The van der Waals surface area contributed by atoms with Crippen LogP contribution in [0.2, 0.25) is 5.02 Å². The Labute approximate surface area is 129 Å². The van der Waals surface area contributed by atoms with E-state index in [2.05, 4.69) is 4.74 Å². The van der Waals surface area contributed by atoms with Gasteiger partial charge in [-0.25, -0.2) is 8.42 Å². The summed E-state index contributed by atoms with van der Waals surface area (Å²) in [5, 5.41) is 0.403. The Morgan fingerprint density at radius 1 is 1.43 bits per heavy atom. The molecule has 0 heterocycles. The number of hydrogen-bond donors (Lipinski definition) is 1. The highest BCUT2D eigenvalue weighted by atomic mass is 35.5. The predicted molar refractivity (Wildman–Crippen MR) is 81.7 cm³/mol. The van der Waals surface area contributed by atoms with Crippen molar-refractivity contribution in [2.24, 2.45) is 5.41 Å². The number of halogens is 1. The van der Waals surface area contributed by atoms with Crippen molar-refractivity contribution in [3.63, 3.8) is 0 Å². The van der Waals surface area contributed by atoms with Crippen LogP contribution in [0.15, 0.2) is 18.2 Å². The lowest BCUT2D eigenvalue weighted by atomic mass is 10.1. The Morgan fingerprint density at radius 2 is 2.10 bits per heavy atom. The van der Waals surface area contributed by atoms with Crippen molar-refractivity contribution >= 4 is 33.1 Å². The minimum atomic E-state index is -3.32. The van der Waals surface area contributed by atoms with Gasteiger partial charge in [0.05, 0.1) is 35.7 Å². The number of anilines is 1. The molecule has 0 amide bonds. The number of carbonyl (C=O) groups excluding carboxylic acids is 1. The number of hydrogen-bond acceptors (Lipinski definition) is 5. The summed E-state index contributed by atoms with van der Waals surface area (Å²) >= 11 is 5.82. The highest BCUT2D eigenvalue weighted by molar-refractivity contribution is 7.90. The summed E-state index contributed by atoms with van der Waals surface area (Å²) in [7, 11) is -2.01. The Hall–Kier alpha value is -1.27. The highest BCUT2D eigenvalue weighted by Crippen LogP contribution is 2.50. The van der Waals surface area contributed by atoms with E-state index in [1.807, 2.05) is 0 Å². The van der Waals surface area contributed by atoms with E-state index >= 15 is 0 Å². The van der Waals surface area contributed by atoms with E-state index in [4.69, 9.17) is 17.3 Å². The predicted octanol–water partition coefficient (Wildman–Crippen LogP) is 2.18. The Balaban J connectivity index is 2.05. The molecule has 1 aliphatic rings. The lowest BCUT2D eigenvalue weighted by Crippen LogP contribution is -2.22. The zero-order valence-electron chi connectivity index (χ0n) is 11.8. The van der Waals surface area contributed by atoms with E-state index < -0.39 is 15.3 Å². The zero-order valence-corrected chi connectivity index (χ0v) is 13.3. The van der Waals surface area contributed by atoms with E-state index in [1.54, 1.807) is 18.2 Å². The SMILES string of the molecule is COC(=O)CC1(CS(=O)(=O)Cc2ccc(Cl)c(N)c2)CC1. The number of benzene rings is 1. The Kier molecular flexibility index (Phi) is 4.49. The standard InChI is InChI=1S/C14H18ClNO4S/c1-20-13(17)7-14(4-5-14)9-21(18,19)8-10-2-3-11(15)12(16)6-10/h2-3,6H,4-5,7-9,16H2,1H3. The van der Waals surface area contributed by atoms with Gasteiger partial charge in [-0.15, -0.1) is 0 Å². The van der Waals surface area contributed by atoms with E-state index in [0.29, 0.717) is 16.3 Å². The number of methoxy groups -OCH3 is 1. The number of rotatable bonds is 6. The van der Waals surface area contributed by atoms with Gasteiger partial charge in [0.2, 0.25) is 0 Å². The summed E-state index contributed by atoms with van der Waals surface area (Å²) in [5.74, 6) is -0.465. The van der Waals surface area contributed by atoms with Gasteiger partial charge in [-0.2, -0.15) is 0 Å². The molecule has 7 heteroatoms. The van der Waals surface area contributed by atoms with Crippen LogP contribution >= 0.6 is 11.6 Å². The van der Waals surface area contributed by atoms with E-state index in [0.717, 1.165) is 12.8 Å². The molecule has 0 radical (unpaired) electrons. The third kappa shape index (κ3) is 4.35. The first-order valence-electron chi connectivity index (χ1n) is 6.56. The summed E-state index contributed by atoms with van der Waals surface area (Å²) < 4.78 is 29.2. The second kappa shape index (κ2) is 5.85. The number of nitrogens with two attached hydrogens (primary N) is 1. The first-order valence-corrected chi connectivity index (χ1v) is 8.76. The molecule has 0 aromatic heterocycles. The topological polar surface area (TPSA) is 86.5 Å². The Morgan fingerprint density at radius 3 is 2.62 bits per heavy atom. The van der Waals surface area contributed by atoms with Gasteiger partial charge in [-0.1, -0.05) is 17.7 Å². The van der Waals surface area contributed by atoms with Gasteiger partial charge < -0.3 is 10.5 Å². The van der Waals surface area contributed by atoms with Crippen molar-refractivity contribution in [3.8, 4) is 0 Å². The molecule has 116 valence electrons. The molecule has 5 nitrogen and oxygen atoms in total. The maximum absolute atomic E-state index is 12.3. The van der Waals surface area contributed by atoms with Crippen LogP contribution in [-0.4, -0.2) is 27.2 Å². The van der Waals surface area contributed by atoms with Crippen LogP contribution < -0.4 is 5.73 Å². The second-order valence-corrected chi connectivity index (χ2v) is 8.11. The number of carbonyl (C=O) groups is 1. The van der Waals surface area contributed by atoms with Crippen molar-refractivity contribution in [3.05, 3.63) is 28.8 Å². The van der Waals surface area contributed by atoms with Crippen LogP contribution in [0.1, 0.15) is 24.8 Å². The number of sulfone groups is 1. The van der Waals surface area contributed by atoms with Crippen LogP contribution in [0.4, 0.5) is 5.69 Å². The lowest BCUT2D eigenvalue weighted by Gasteiger charge is -2.14. The normalized spacial score (nSPS) is 16.5. The van der Waals surface area contributed by atoms with Crippen molar-refractivity contribution < 1.29 is 17.9 Å². The van der Waals surface area contributed by atoms with Crippen molar-refractivity contribution in [1.82, 2.24) is 0 Å². The second-order valence-electron chi connectivity index (χ2n) is 5.64. The molecule has 1 fully saturated rings. The average Bonchev–Trinajstić information content (AvgIpc) is 3.11. The first-order chi connectivity index (χ1) is 9.75. The van der Waals surface area contributed by atoms with Crippen molar-refractivity contribution in [2.75, 3.05) is 18.6 Å². The fourth-order valence-electron chi connectivity index (χ4n) is 2.38. The summed E-state index contributed by atoms with van der Waals surface area (Å²) in [6, 6.07) is 4.80. The average molecular weight is 332 g/mol. The van der Waals surface area contributed by atoms with Gasteiger partial charge in [-0.3, -0.25) is 4.79 Å². The first kappa shape index (κ1) is 16.1. The fourth-order valence-corrected chi connectivity index (χ4v) is 4.61. The van der Waals surface area contributed by atoms with E-state index in [1.165, 1.54) is 7.11 Å². The maximum atomic E-state index is 12.3. The van der Waals surface area contributed by atoms with Gasteiger partial charge >= 0.3 is 5.97 Å². The molecule has 0 aliphatic heterocycles. The van der Waals surface area contributed by atoms with E-state index in [-0.39, 0.29) is 23.9 Å². The molecular formula is C14H18ClNO4S. The molecule has 1 saturated carbocycles. The Bertz CT molecular complexity index is 653. The van der Waals surface area contributed by atoms with Crippen LogP contribution in [0.25, 0.3) is 0 Å². The molecule has 0 bridgehead atoms. The van der Waals surface area contributed by atoms with Crippen LogP contribution in [-0.2, 0) is 25.1 Å². The molecule has 1 aromatic rings. The molecule has 2 rings (SSSR count). The van der Waals surface area contributed by atoms with Gasteiger partial charge in [-0.05, 0) is 36.0 Å². The van der Waals surface area contributed by atoms with Crippen LogP contribution in [0, 0.1) is 5.41 Å². The van der Waals surface area contributed by atoms with Gasteiger partial charge in [0, 0.05) is 0 Å². The number of nitrogen functional groups attached to an aromatic ring is 1. The summed E-state index contributed by atoms with van der Waals surface area (Å²) in [6.07, 6.45) is 1.64. The molecule has 0 saturated heterocycles. The van der Waals surface area contributed by atoms with E-state index in [9.17, 15) is 13.2 Å². The molecule has 1 aliphatic carbocycles. The van der Waals surface area contributed by atoms with Crippen LogP contribution in [0.5, 0.6) is 0 Å². The van der Waals surface area contributed by atoms with Gasteiger partial charge in [0.1, 0.15) is 0 Å². The summed E-state index contributed by atoms with van der Waals surface area (Å²) in [6.45, 7) is 0. The quantitative estimate of drug-likeness (QED) is 0.637. The van der Waals surface area contributed by atoms with Gasteiger partial charge in [0.15, 0.2) is 9.84 Å². The molecule has 0 spiro atoms. The smallest absolute Gasteiger partial charge is 0.306 e. The van der Waals surface area contributed by atoms with Crippen molar-refractivity contribution in [1.29, 1.82) is 0 Å². The highest BCUT2D eigenvalue weighted by Gasteiger charge is 2.47. The molecule has 2 N–H and O–H groups in total. The minimum absolute atomic E-state index is 0.00235. The van der Waals surface area contributed by atoms with Gasteiger partial charge in [0.25, 0.3) is 0 Å². The fraction of sp³-hybridized carbons (Fsp3) is 0.500. The third-order valence-corrected chi connectivity index (χ3v) is 5.85. The minimum Gasteiger partial charge on any atom is -0.469 e. The third-order valence-electron chi connectivity index (χ3n) is 3.68. The van der Waals surface area contributed by atoms with Crippen molar-refractivity contribution in [2.45, 2.75) is 25.0 Å². The molecule has 21 heavy (non-hydrogen) atoms. The summed E-state index contributed by atoms with van der Waals surface area (Å²) in [4.78, 5) is 11.3. The number of esters is 1. The lowest BCUT2D eigenvalue weighted by molar-refractivity contribution is -0.141. The zero-order chi connectivity index (χ0) is 15.7. The molecular weight excluding hydrogens is 314 g/mol. The number of ether oxygens (including phenoxy) is 1. The largest absolute Gasteiger partial charge is 0.469 e. The monoisotopic (exact) mass is 331 g/mol.